The Kier molecular flexibility index (Phi) is 3.95. The van der Waals surface area contributed by atoms with Gasteiger partial charge in [-0.2, -0.15) is 13.2 Å². The van der Waals surface area contributed by atoms with E-state index >= 15 is 0 Å². The number of alkyl halides is 3. The molecule has 1 fully saturated rings. The van der Waals surface area contributed by atoms with Crippen LogP contribution < -0.4 is 0 Å². The van der Waals surface area contributed by atoms with Gasteiger partial charge in [0.15, 0.2) is 0 Å². The fourth-order valence-corrected chi connectivity index (χ4v) is 2.59. The second-order valence-corrected chi connectivity index (χ2v) is 4.96. The molecule has 0 saturated heterocycles. The van der Waals surface area contributed by atoms with Crippen LogP contribution in [-0.2, 0) is 6.18 Å². The molecule has 1 N–H and O–H groups in total. The van der Waals surface area contributed by atoms with Crippen molar-refractivity contribution >= 4 is 0 Å². The van der Waals surface area contributed by atoms with Gasteiger partial charge in [-0.05, 0) is 36.5 Å². The summed E-state index contributed by atoms with van der Waals surface area (Å²) in [5.74, 6) is 0.190. The van der Waals surface area contributed by atoms with Gasteiger partial charge in [-0.15, -0.1) is 0 Å². The van der Waals surface area contributed by atoms with Gasteiger partial charge in [-0.25, -0.2) is 0 Å². The molecular formula is C14H17F3O. The Balaban J connectivity index is 2.09. The molecule has 1 nitrogen and oxygen atoms in total. The van der Waals surface area contributed by atoms with Crippen molar-refractivity contribution in [1.82, 2.24) is 0 Å². The van der Waals surface area contributed by atoms with E-state index in [1.807, 2.05) is 0 Å². The van der Waals surface area contributed by atoms with E-state index in [0.717, 1.165) is 37.8 Å². The normalized spacial score (nSPS) is 19.8. The molecule has 1 aromatic rings. The number of hydrogen-bond donors (Lipinski definition) is 1. The Hall–Kier alpha value is -1.03. The summed E-state index contributed by atoms with van der Waals surface area (Å²) in [5, 5.41) is 10.2. The summed E-state index contributed by atoms with van der Waals surface area (Å²) < 4.78 is 37.2. The molecule has 0 spiro atoms. The van der Waals surface area contributed by atoms with Crippen LogP contribution in [0.4, 0.5) is 13.2 Å². The Morgan fingerprint density at radius 1 is 1.00 bits per heavy atom. The minimum Gasteiger partial charge on any atom is -0.388 e. The van der Waals surface area contributed by atoms with Crippen molar-refractivity contribution in [2.75, 3.05) is 0 Å². The Morgan fingerprint density at radius 3 is 2.06 bits per heavy atom. The Morgan fingerprint density at radius 2 is 1.56 bits per heavy atom. The zero-order valence-corrected chi connectivity index (χ0v) is 10.1. The van der Waals surface area contributed by atoms with Gasteiger partial charge in [0.05, 0.1) is 11.7 Å². The smallest absolute Gasteiger partial charge is 0.388 e. The molecule has 1 aromatic carbocycles. The summed E-state index contributed by atoms with van der Waals surface area (Å²) in [5.41, 5.74) is -0.0722. The summed E-state index contributed by atoms with van der Waals surface area (Å²) in [6, 6.07) is 4.87. The largest absolute Gasteiger partial charge is 0.416 e. The zero-order chi connectivity index (χ0) is 13.2. The maximum Gasteiger partial charge on any atom is 0.416 e. The van der Waals surface area contributed by atoms with Gasteiger partial charge in [0, 0.05) is 0 Å². The SMILES string of the molecule is OC(c1ccc(C(F)(F)F)cc1)C1CCCCC1. The molecule has 4 heteroatoms. The number of halogens is 3. The molecule has 100 valence electrons. The van der Waals surface area contributed by atoms with Crippen LogP contribution in [0.2, 0.25) is 0 Å². The molecule has 0 aliphatic heterocycles. The molecule has 1 aliphatic carbocycles. The lowest BCUT2D eigenvalue weighted by Gasteiger charge is -2.27. The van der Waals surface area contributed by atoms with E-state index in [1.54, 1.807) is 0 Å². The van der Waals surface area contributed by atoms with Gasteiger partial charge in [0.2, 0.25) is 0 Å². The summed E-state index contributed by atoms with van der Waals surface area (Å²) in [4.78, 5) is 0. The van der Waals surface area contributed by atoms with Gasteiger partial charge in [-0.3, -0.25) is 0 Å². The highest BCUT2D eigenvalue weighted by molar-refractivity contribution is 5.26. The van der Waals surface area contributed by atoms with Crippen LogP contribution in [0.5, 0.6) is 0 Å². The van der Waals surface area contributed by atoms with Gasteiger partial charge >= 0.3 is 6.18 Å². The number of rotatable bonds is 2. The highest BCUT2D eigenvalue weighted by atomic mass is 19.4. The quantitative estimate of drug-likeness (QED) is 0.837. The molecule has 0 bridgehead atoms. The second kappa shape index (κ2) is 5.31. The standard InChI is InChI=1S/C14H17F3O/c15-14(16,17)12-8-6-11(7-9-12)13(18)10-4-2-1-3-5-10/h6-10,13,18H,1-5H2. The number of hydrogen-bond acceptors (Lipinski definition) is 1. The van der Waals surface area contributed by atoms with E-state index in [-0.39, 0.29) is 5.92 Å². The molecule has 0 radical (unpaired) electrons. The van der Waals surface area contributed by atoms with Crippen molar-refractivity contribution in [3.8, 4) is 0 Å². The molecule has 1 saturated carbocycles. The van der Waals surface area contributed by atoms with Crippen molar-refractivity contribution in [3.05, 3.63) is 35.4 Å². The topological polar surface area (TPSA) is 20.2 Å². The summed E-state index contributed by atoms with van der Waals surface area (Å²) in [7, 11) is 0. The number of aliphatic hydroxyl groups is 1. The van der Waals surface area contributed by atoms with Crippen molar-refractivity contribution < 1.29 is 18.3 Å². The van der Waals surface area contributed by atoms with E-state index in [2.05, 4.69) is 0 Å². The lowest BCUT2D eigenvalue weighted by molar-refractivity contribution is -0.137. The fourth-order valence-electron chi connectivity index (χ4n) is 2.59. The first kappa shape index (κ1) is 13.4. The third-order valence-electron chi connectivity index (χ3n) is 3.68. The maximum atomic E-state index is 12.4. The molecule has 0 heterocycles. The highest BCUT2D eigenvalue weighted by Crippen LogP contribution is 2.35. The van der Waals surface area contributed by atoms with Crippen LogP contribution in [0.25, 0.3) is 0 Å². The van der Waals surface area contributed by atoms with Gasteiger partial charge in [0.25, 0.3) is 0 Å². The summed E-state index contributed by atoms with van der Waals surface area (Å²) in [6.45, 7) is 0. The van der Waals surface area contributed by atoms with Crippen molar-refractivity contribution in [2.24, 2.45) is 5.92 Å². The lowest BCUT2D eigenvalue weighted by Crippen LogP contribution is -2.16. The van der Waals surface area contributed by atoms with E-state index < -0.39 is 17.8 Å². The molecule has 1 aliphatic rings. The first-order valence-corrected chi connectivity index (χ1v) is 6.34. The predicted molar refractivity (Wildman–Crippen MR) is 63.0 cm³/mol. The molecule has 0 amide bonds. The van der Waals surface area contributed by atoms with Crippen molar-refractivity contribution in [2.45, 2.75) is 44.4 Å². The fraction of sp³-hybridized carbons (Fsp3) is 0.571. The Labute approximate surface area is 105 Å². The molecular weight excluding hydrogens is 241 g/mol. The van der Waals surface area contributed by atoms with Crippen molar-refractivity contribution in [1.29, 1.82) is 0 Å². The highest BCUT2D eigenvalue weighted by Gasteiger charge is 2.30. The van der Waals surface area contributed by atoms with Crippen LogP contribution in [-0.4, -0.2) is 5.11 Å². The molecule has 1 unspecified atom stereocenters. The minimum atomic E-state index is -4.31. The Bertz CT molecular complexity index is 377. The van der Waals surface area contributed by atoms with Crippen LogP contribution in [0.1, 0.15) is 49.3 Å². The lowest BCUT2D eigenvalue weighted by atomic mass is 9.82. The third kappa shape index (κ3) is 3.05. The van der Waals surface area contributed by atoms with Crippen LogP contribution in [0, 0.1) is 5.92 Å². The third-order valence-corrected chi connectivity index (χ3v) is 3.68. The molecule has 1 atom stereocenters. The number of aliphatic hydroxyl groups excluding tert-OH is 1. The first-order valence-electron chi connectivity index (χ1n) is 6.34. The molecule has 2 rings (SSSR count). The minimum absolute atomic E-state index is 0.190. The van der Waals surface area contributed by atoms with Gasteiger partial charge < -0.3 is 5.11 Å². The summed E-state index contributed by atoms with van der Waals surface area (Å²) in [6.07, 6.45) is 0.368. The molecule has 0 aromatic heterocycles. The van der Waals surface area contributed by atoms with Crippen LogP contribution in [0.15, 0.2) is 24.3 Å². The average molecular weight is 258 g/mol. The summed E-state index contributed by atoms with van der Waals surface area (Å²) >= 11 is 0. The average Bonchev–Trinajstić information content (AvgIpc) is 2.38. The van der Waals surface area contributed by atoms with Gasteiger partial charge in [0.1, 0.15) is 0 Å². The van der Waals surface area contributed by atoms with Crippen LogP contribution in [0.3, 0.4) is 0 Å². The first-order chi connectivity index (χ1) is 8.48. The van der Waals surface area contributed by atoms with Gasteiger partial charge in [-0.1, -0.05) is 31.4 Å². The number of benzene rings is 1. The van der Waals surface area contributed by atoms with E-state index in [0.29, 0.717) is 5.56 Å². The zero-order valence-electron chi connectivity index (χ0n) is 10.1. The maximum absolute atomic E-state index is 12.4. The second-order valence-electron chi connectivity index (χ2n) is 4.96. The predicted octanol–water partition coefficient (Wildman–Crippen LogP) is 4.32. The van der Waals surface area contributed by atoms with Crippen molar-refractivity contribution in [3.63, 3.8) is 0 Å². The van der Waals surface area contributed by atoms with Crippen LogP contribution >= 0.6 is 0 Å². The molecule has 18 heavy (non-hydrogen) atoms. The van der Waals surface area contributed by atoms with E-state index in [9.17, 15) is 18.3 Å². The van der Waals surface area contributed by atoms with E-state index in [1.165, 1.54) is 18.6 Å². The monoisotopic (exact) mass is 258 g/mol. The van der Waals surface area contributed by atoms with E-state index in [4.69, 9.17) is 0 Å².